The molecule has 7 nitrogen and oxygen atoms in total. The van der Waals surface area contributed by atoms with Crippen LogP contribution in [0.3, 0.4) is 0 Å². The van der Waals surface area contributed by atoms with Crippen LogP contribution in [-0.2, 0) is 0 Å². The lowest BCUT2D eigenvalue weighted by atomic mass is 9.85. The SMILES string of the molecule is [2H]C1([2H])CC(Nc2nc(NC(C)(C)C)ncc2C(N)=O)CC(O)C1C. The van der Waals surface area contributed by atoms with Crippen molar-refractivity contribution in [3.63, 3.8) is 0 Å². The smallest absolute Gasteiger partial charge is 0.254 e. The van der Waals surface area contributed by atoms with Gasteiger partial charge in [0.1, 0.15) is 5.82 Å². The van der Waals surface area contributed by atoms with Gasteiger partial charge < -0.3 is 21.5 Å². The number of anilines is 2. The van der Waals surface area contributed by atoms with E-state index in [9.17, 15) is 9.90 Å². The van der Waals surface area contributed by atoms with Crippen molar-refractivity contribution in [1.29, 1.82) is 0 Å². The Morgan fingerprint density at radius 3 is 2.78 bits per heavy atom. The summed E-state index contributed by atoms with van der Waals surface area (Å²) >= 11 is 0. The molecule has 1 aliphatic rings. The normalized spacial score (nSPS) is 28.5. The highest BCUT2D eigenvalue weighted by atomic mass is 16.3. The Morgan fingerprint density at radius 2 is 2.22 bits per heavy atom. The number of nitrogens with two attached hydrogens (primary N) is 1. The van der Waals surface area contributed by atoms with Crippen molar-refractivity contribution in [2.45, 2.75) is 64.6 Å². The number of nitrogens with one attached hydrogen (secondary N) is 2. The predicted octanol–water partition coefficient (Wildman–Crippen LogP) is 1.75. The van der Waals surface area contributed by atoms with Crippen molar-refractivity contribution in [3.8, 4) is 0 Å². The van der Waals surface area contributed by atoms with Crippen LogP contribution in [-0.4, -0.2) is 38.7 Å². The summed E-state index contributed by atoms with van der Waals surface area (Å²) in [6.07, 6.45) is -0.364. The molecule has 1 saturated carbocycles. The molecule has 7 heteroatoms. The first kappa shape index (κ1) is 14.7. The Bertz CT molecular complexity index is 648. The fraction of sp³-hybridized carbons (Fsp3) is 0.688. The van der Waals surface area contributed by atoms with Crippen LogP contribution >= 0.6 is 0 Å². The molecule has 1 amide bonds. The molecule has 0 aliphatic heterocycles. The summed E-state index contributed by atoms with van der Waals surface area (Å²) in [5.74, 6) is -0.535. The van der Waals surface area contributed by atoms with Crippen LogP contribution in [0.2, 0.25) is 0 Å². The number of aliphatic hydroxyl groups is 1. The quantitative estimate of drug-likeness (QED) is 0.671. The summed E-state index contributed by atoms with van der Waals surface area (Å²) in [5.41, 5.74) is 5.26. The van der Waals surface area contributed by atoms with Gasteiger partial charge in [-0.15, -0.1) is 0 Å². The molecule has 1 aromatic heterocycles. The molecule has 0 radical (unpaired) electrons. The molecule has 1 aliphatic carbocycles. The minimum Gasteiger partial charge on any atom is -0.393 e. The number of hydrogen-bond donors (Lipinski definition) is 4. The van der Waals surface area contributed by atoms with Gasteiger partial charge in [0, 0.05) is 20.5 Å². The Labute approximate surface area is 139 Å². The van der Waals surface area contributed by atoms with Crippen LogP contribution < -0.4 is 16.4 Å². The summed E-state index contributed by atoms with van der Waals surface area (Å²) in [7, 11) is 0. The molecule has 0 aromatic carbocycles. The number of carbonyl (C=O) groups excluding carboxylic acids is 1. The molecule has 0 saturated heterocycles. The van der Waals surface area contributed by atoms with Crippen molar-refractivity contribution in [3.05, 3.63) is 11.8 Å². The van der Waals surface area contributed by atoms with E-state index in [0.717, 1.165) is 0 Å². The average Bonchev–Trinajstić information content (AvgIpc) is 2.42. The van der Waals surface area contributed by atoms with E-state index >= 15 is 0 Å². The van der Waals surface area contributed by atoms with Crippen LogP contribution in [0, 0.1) is 5.92 Å². The molecular weight excluding hydrogens is 294 g/mol. The third-order valence-electron chi connectivity index (χ3n) is 3.67. The predicted molar refractivity (Wildman–Crippen MR) is 90.4 cm³/mol. The lowest BCUT2D eigenvalue weighted by Crippen LogP contribution is -2.36. The first-order valence-electron chi connectivity index (χ1n) is 8.79. The zero-order valence-electron chi connectivity index (χ0n) is 16.1. The summed E-state index contributed by atoms with van der Waals surface area (Å²) in [6.45, 7) is 7.57. The number of primary amides is 1. The maximum absolute atomic E-state index is 11.7. The monoisotopic (exact) mass is 323 g/mol. The molecule has 0 spiro atoms. The highest BCUT2D eigenvalue weighted by Crippen LogP contribution is 2.27. The van der Waals surface area contributed by atoms with Gasteiger partial charge >= 0.3 is 0 Å². The first-order valence-corrected chi connectivity index (χ1v) is 7.79. The van der Waals surface area contributed by atoms with Crippen molar-refractivity contribution in [1.82, 2.24) is 9.97 Å². The highest BCUT2D eigenvalue weighted by molar-refractivity contribution is 5.97. The van der Waals surface area contributed by atoms with Crippen LogP contribution in [0.1, 0.15) is 60.0 Å². The van der Waals surface area contributed by atoms with E-state index in [1.165, 1.54) is 6.20 Å². The zero-order chi connectivity index (χ0) is 19.0. The van der Waals surface area contributed by atoms with Gasteiger partial charge in [0.2, 0.25) is 5.95 Å². The molecule has 0 bridgehead atoms. The van der Waals surface area contributed by atoms with E-state index in [-0.39, 0.29) is 29.4 Å². The lowest BCUT2D eigenvalue weighted by Gasteiger charge is -2.32. The zero-order valence-corrected chi connectivity index (χ0v) is 14.1. The molecule has 3 atom stereocenters. The van der Waals surface area contributed by atoms with Crippen LogP contribution in [0.15, 0.2) is 6.20 Å². The molecule has 2 rings (SSSR count). The average molecular weight is 323 g/mol. The van der Waals surface area contributed by atoms with Gasteiger partial charge in [-0.25, -0.2) is 4.98 Å². The van der Waals surface area contributed by atoms with Crippen molar-refractivity contribution >= 4 is 17.7 Å². The molecule has 23 heavy (non-hydrogen) atoms. The molecule has 1 aromatic rings. The highest BCUT2D eigenvalue weighted by Gasteiger charge is 2.27. The van der Waals surface area contributed by atoms with E-state index in [2.05, 4.69) is 20.6 Å². The van der Waals surface area contributed by atoms with Gasteiger partial charge in [-0.2, -0.15) is 4.98 Å². The number of aliphatic hydroxyl groups excluding tert-OH is 1. The minimum atomic E-state index is -1.51. The summed E-state index contributed by atoms with van der Waals surface area (Å²) in [4.78, 5) is 20.1. The number of carbonyl (C=O) groups is 1. The second-order valence-corrected chi connectivity index (χ2v) is 7.04. The first-order chi connectivity index (χ1) is 11.4. The number of hydrogen-bond acceptors (Lipinski definition) is 6. The summed E-state index contributed by atoms with van der Waals surface area (Å²) < 4.78 is 16.2. The van der Waals surface area contributed by atoms with Gasteiger partial charge in [-0.05, 0) is 45.9 Å². The Morgan fingerprint density at radius 1 is 1.52 bits per heavy atom. The van der Waals surface area contributed by atoms with E-state index in [4.69, 9.17) is 8.48 Å². The van der Waals surface area contributed by atoms with Gasteiger partial charge in [0.15, 0.2) is 0 Å². The summed E-state index contributed by atoms with van der Waals surface area (Å²) in [6, 6.07) is -0.364. The molecule has 5 N–H and O–H groups in total. The number of amides is 1. The molecular formula is C16H27N5O2. The Kier molecular flexibility index (Phi) is 4.28. The molecule has 1 heterocycles. The van der Waals surface area contributed by atoms with E-state index in [1.54, 1.807) is 6.92 Å². The third kappa shape index (κ3) is 4.79. The standard InChI is InChI=1S/C16H27N5O2/c1-9-5-6-10(7-12(9)22)19-14-11(13(17)23)8-18-15(20-14)21-16(2,3)4/h8-10,12,22H,5-7H2,1-4H3,(H2,17,23)(H2,18,19,20,21)/i5D2. The maximum Gasteiger partial charge on any atom is 0.254 e. The van der Waals surface area contributed by atoms with Gasteiger partial charge in [0.25, 0.3) is 5.91 Å². The van der Waals surface area contributed by atoms with Crippen molar-refractivity contribution < 1.29 is 12.6 Å². The number of aromatic nitrogens is 2. The van der Waals surface area contributed by atoms with Crippen LogP contribution in [0.4, 0.5) is 11.8 Å². The lowest BCUT2D eigenvalue weighted by molar-refractivity contribution is 0.0739. The van der Waals surface area contributed by atoms with E-state index in [1.807, 2.05) is 20.8 Å². The third-order valence-corrected chi connectivity index (χ3v) is 3.67. The van der Waals surface area contributed by atoms with Crippen LogP contribution in [0.25, 0.3) is 0 Å². The maximum atomic E-state index is 11.7. The topological polar surface area (TPSA) is 113 Å². The summed E-state index contributed by atoms with van der Waals surface area (Å²) in [5, 5.41) is 16.3. The van der Waals surface area contributed by atoms with E-state index in [0.29, 0.717) is 12.4 Å². The van der Waals surface area contributed by atoms with Gasteiger partial charge in [-0.3, -0.25) is 4.79 Å². The fourth-order valence-corrected chi connectivity index (χ4v) is 2.41. The molecule has 128 valence electrons. The Hall–Kier alpha value is -1.89. The van der Waals surface area contributed by atoms with Gasteiger partial charge in [-0.1, -0.05) is 6.92 Å². The van der Waals surface area contributed by atoms with E-state index < -0.39 is 24.3 Å². The van der Waals surface area contributed by atoms with Crippen molar-refractivity contribution in [2.24, 2.45) is 11.7 Å². The second-order valence-electron chi connectivity index (χ2n) is 7.04. The second kappa shape index (κ2) is 6.70. The van der Waals surface area contributed by atoms with Gasteiger partial charge in [0.05, 0.1) is 11.7 Å². The largest absolute Gasteiger partial charge is 0.393 e. The van der Waals surface area contributed by atoms with Crippen molar-refractivity contribution in [2.75, 3.05) is 10.6 Å². The number of rotatable bonds is 4. The Balaban J connectivity index is 2.27. The molecule has 3 unspecified atom stereocenters. The fourth-order valence-electron chi connectivity index (χ4n) is 2.41. The molecule has 1 fully saturated rings. The minimum absolute atomic E-state index is 0.133. The van der Waals surface area contributed by atoms with Crippen LogP contribution in [0.5, 0.6) is 0 Å². The number of nitrogens with zero attached hydrogens (tertiary/aromatic N) is 2.